The van der Waals surface area contributed by atoms with Gasteiger partial charge < -0.3 is 5.11 Å². The summed E-state index contributed by atoms with van der Waals surface area (Å²) < 4.78 is 0.680. The molecule has 2 aromatic rings. The highest BCUT2D eigenvalue weighted by atomic mass is 16.4. The van der Waals surface area contributed by atoms with Crippen molar-refractivity contribution in [3.05, 3.63) is 64.3 Å². The Kier molecular flexibility index (Phi) is 4.65. The molecule has 0 saturated carbocycles. The molecule has 0 fully saturated rings. The summed E-state index contributed by atoms with van der Waals surface area (Å²) in [5.74, 6) is 0. The summed E-state index contributed by atoms with van der Waals surface area (Å²) in [6.45, 7) is 0. The molecule has 5 heteroatoms. The molecule has 0 aliphatic rings. The molecule has 2 rings (SSSR count). The van der Waals surface area contributed by atoms with Gasteiger partial charge in [0.1, 0.15) is 0 Å². The van der Waals surface area contributed by atoms with E-state index in [9.17, 15) is 9.59 Å². The van der Waals surface area contributed by atoms with Gasteiger partial charge in [-0.2, -0.15) is 0 Å². The molecule has 0 aliphatic carbocycles. The Labute approximate surface area is 116 Å². The third-order valence-corrected chi connectivity index (χ3v) is 3.09. The number of aryl methyl sites for hydroxylation is 2. The lowest BCUT2D eigenvalue weighted by atomic mass is 10.1. The maximum absolute atomic E-state index is 11.5. The molecule has 2 heterocycles. The highest BCUT2D eigenvalue weighted by Gasteiger charge is 2.04. The third kappa shape index (κ3) is 3.78. The first kappa shape index (κ1) is 14.0. The van der Waals surface area contributed by atoms with Gasteiger partial charge in [0.15, 0.2) is 0 Å². The fraction of sp³-hybridized carbons (Fsp3) is 0.267. The average molecular weight is 272 g/mol. The Morgan fingerprint density at radius 1 is 1.20 bits per heavy atom. The van der Waals surface area contributed by atoms with Crippen molar-refractivity contribution in [2.75, 3.05) is 0 Å². The van der Waals surface area contributed by atoms with Crippen molar-refractivity contribution in [1.29, 1.82) is 0 Å². The van der Waals surface area contributed by atoms with Crippen LogP contribution in [0.3, 0.4) is 0 Å². The van der Waals surface area contributed by atoms with Gasteiger partial charge in [-0.15, -0.1) is 0 Å². The second-order valence-corrected chi connectivity index (χ2v) is 4.59. The van der Waals surface area contributed by atoms with Crippen LogP contribution < -0.4 is 5.56 Å². The van der Waals surface area contributed by atoms with Crippen LogP contribution in [0.2, 0.25) is 0 Å². The largest absolute Gasteiger partial charge is 0.464 e. The van der Waals surface area contributed by atoms with E-state index in [0.29, 0.717) is 4.57 Å². The zero-order valence-corrected chi connectivity index (χ0v) is 11.0. The molecule has 1 N–H and O–H groups in total. The van der Waals surface area contributed by atoms with Gasteiger partial charge in [0.05, 0.1) is 0 Å². The van der Waals surface area contributed by atoms with Crippen LogP contribution in [0.25, 0.3) is 0 Å². The molecule has 0 aromatic carbocycles. The maximum atomic E-state index is 11.5. The zero-order valence-electron chi connectivity index (χ0n) is 11.0. The first-order valence-corrected chi connectivity index (χ1v) is 6.50. The molecule has 5 nitrogen and oxygen atoms in total. The molecule has 0 unspecified atom stereocenters. The van der Waals surface area contributed by atoms with Crippen LogP contribution in [-0.4, -0.2) is 20.8 Å². The molecule has 0 atom stereocenters. The first-order valence-electron chi connectivity index (χ1n) is 6.50. The summed E-state index contributed by atoms with van der Waals surface area (Å²) in [7, 11) is 0. The van der Waals surface area contributed by atoms with Gasteiger partial charge >= 0.3 is 6.09 Å². The minimum atomic E-state index is -1.25. The number of unbranched alkanes of at least 4 members (excludes halogenated alkanes) is 1. The molecular formula is C15H16N2O3. The van der Waals surface area contributed by atoms with Crippen LogP contribution in [0.5, 0.6) is 0 Å². The Hall–Kier alpha value is -2.43. The van der Waals surface area contributed by atoms with Crippen molar-refractivity contribution < 1.29 is 9.90 Å². The second kappa shape index (κ2) is 6.65. The van der Waals surface area contributed by atoms with E-state index < -0.39 is 11.7 Å². The van der Waals surface area contributed by atoms with Gasteiger partial charge in [-0.05, 0) is 48.9 Å². The number of rotatable bonds is 5. The predicted octanol–water partition coefficient (Wildman–Crippen LogP) is 2.33. The van der Waals surface area contributed by atoms with Crippen LogP contribution in [0, 0.1) is 0 Å². The SMILES string of the molecule is O=C(O)n1ccc(CCCCc2cccnc2)cc1=O. The van der Waals surface area contributed by atoms with Gasteiger partial charge in [-0.3, -0.25) is 9.78 Å². The van der Waals surface area contributed by atoms with Crippen LogP contribution >= 0.6 is 0 Å². The fourth-order valence-electron chi connectivity index (χ4n) is 2.04. The van der Waals surface area contributed by atoms with Crippen molar-refractivity contribution in [2.24, 2.45) is 0 Å². The van der Waals surface area contributed by atoms with Crippen molar-refractivity contribution >= 4 is 6.09 Å². The second-order valence-electron chi connectivity index (χ2n) is 4.59. The number of carboxylic acid groups (broad SMARTS) is 1. The van der Waals surface area contributed by atoms with E-state index in [1.165, 1.54) is 17.8 Å². The number of hydrogen-bond donors (Lipinski definition) is 1. The van der Waals surface area contributed by atoms with Crippen LogP contribution in [0.4, 0.5) is 4.79 Å². The number of pyridine rings is 2. The number of aromatic nitrogens is 2. The number of hydrogen-bond acceptors (Lipinski definition) is 3. The van der Waals surface area contributed by atoms with Crippen molar-refractivity contribution in [3.8, 4) is 0 Å². The Morgan fingerprint density at radius 2 is 1.95 bits per heavy atom. The van der Waals surface area contributed by atoms with Crippen molar-refractivity contribution in [2.45, 2.75) is 25.7 Å². The summed E-state index contributed by atoms with van der Waals surface area (Å²) in [6.07, 6.45) is 7.35. The fourth-order valence-corrected chi connectivity index (χ4v) is 2.04. The Balaban J connectivity index is 1.84. The van der Waals surface area contributed by atoms with E-state index in [0.717, 1.165) is 31.2 Å². The lowest BCUT2D eigenvalue weighted by Crippen LogP contribution is -2.24. The molecule has 104 valence electrons. The average Bonchev–Trinajstić information content (AvgIpc) is 2.44. The van der Waals surface area contributed by atoms with Crippen molar-refractivity contribution in [1.82, 2.24) is 9.55 Å². The zero-order chi connectivity index (χ0) is 14.4. The van der Waals surface area contributed by atoms with E-state index in [-0.39, 0.29) is 0 Å². The number of carbonyl (C=O) groups is 1. The van der Waals surface area contributed by atoms with Gasteiger partial charge in [0, 0.05) is 24.7 Å². The molecular weight excluding hydrogens is 256 g/mol. The van der Waals surface area contributed by atoms with E-state index in [1.807, 2.05) is 18.3 Å². The smallest absolute Gasteiger partial charge is 0.418 e. The first-order chi connectivity index (χ1) is 9.66. The topological polar surface area (TPSA) is 72.2 Å². The summed E-state index contributed by atoms with van der Waals surface area (Å²) in [4.78, 5) is 26.3. The van der Waals surface area contributed by atoms with Crippen molar-refractivity contribution in [3.63, 3.8) is 0 Å². The molecule has 20 heavy (non-hydrogen) atoms. The summed E-state index contributed by atoms with van der Waals surface area (Å²) >= 11 is 0. The highest BCUT2D eigenvalue weighted by molar-refractivity contribution is 5.67. The highest BCUT2D eigenvalue weighted by Crippen LogP contribution is 2.07. The quantitative estimate of drug-likeness (QED) is 0.848. The molecule has 0 amide bonds. The monoisotopic (exact) mass is 272 g/mol. The molecule has 0 saturated heterocycles. The molecule has 0 radical (unpaired) electrons. The summed E-state index contributed by atoms with van der Waals surface area (Å²) in [6, 6.07) is 7.03. The molecule has 2 aromatic heterocycles. The van der Waals surface area contributed by atoms with Crippen LogP contribution in [0.1, 0.15) is 24.0 Å². The minimum Gasteiger partial charge on any atom is -0.464 e. The van der Waals surface area contributed by atoms with Gasteiger partial charge in [0.2, 0.25) is 0 Å². The Bertz CT molecular complexity index is 635. The third-order valence-electron chi connectivity index (χ3n) is 3.09. The minimum absolute atomic E-state index is 0.498. The van der Waals surface area contributed by atoms with Gasteiger partial charge in [-0.25, -0.2) is 9.36 Å². The van der Waals surface area contributed by atoms with E-state index >= 15 is 0 Å². The predicted molar refractivity (Wildman–Crippen MR) is 75.0 cm³/mol. The number of nitrogens with zero attached hydrogens (tertiary/aromatic N) is 2. The van der Waals surface area contributed by atoms with Gasteiger partial charge in [0.25, 0.3) is 5.56 Å². The molecule has 0 aliphatic heterocycles. The van der Waals surface area contributed by atoms with Gasteiger partial charge in [-0.1, -0.05) is 6.07 Å². The van der Waals surface area contributed by atoms with E-state index in [4.69, 9.17) is 5.11 Å². The lowest BCUT2D eigenvalue weighted by molar-refractivity contribution is 0.195. The Morgan fingerprint density at radius 3 is 2.55 bits per heavy atom. The van der Waals surface area contributed by atoms with Crippen LogP contribution in [0.15, 0.2) is 47.7 Å². The molecule has 0 spiro atoms. The summed E-state index contributed by atoms with van der Waals surface area (Å²) in [5.41, 5.74) is 1.58. The van der Waals surface area contributed by atoms with E-state index in [1.54, 1.807) is 12.3 Å². The van der Waals surface area contributed by atoms with Crippen LogP contribution in [-0.2, 0) is 12.8 Å². The normalized spacial score (nSPS) is 10.4. The lowest BCUT2D eigenvalue weighted by Gasteiger charge is -2.03. The standard InChI is InChI=1S/C15H16N2O3/c18-14-10-12(7-9-17(14)15(19)20)4-1-2-5-13-6-3-8-16-11-13/h3,6-11H,1-2,4-5H2,(H,19,20). The molecule has 0 bridgehead atoms. The van der Waals surface area contributed by atoms with E-state index in [2.05, 4.69) is 4.98 Å². The summed E-state index contributed by atoms with van der Waals surface area (Å²) in [5, 5.41) is 8.75. The maximum Gasteiger partial charge on any atom is 0.418 e.